The highest BCUT2D eigenvalue weighted by molar-refractivity contribution is 9.10. The Morgan fingerprint density at radius 2 is 2.05 bits per heavy atom. The van der Waals surface area contributed by atoms with E-state index in [1.165, 1.54) is 6.42 Å². The monoisotopic (exact) mass is 354 g/mol. The first-order chi connectivity index (χ1) is 10.1. The molecule has 0 saturated heterocycles. The van der Waals surface area contributed by atoms with Gasteiger partial charge in [0.2, 0.25) is 4.73 Å². The molecule has 0 aliphatic heterocycles. The summed E-state index contributed by atoms with van der Waals surface area (Å²) in [5, 5.41) is 15.8. The standard InChI is InChI=1S/C14H23BrN6/c1-4-20(5-2)10-6-7-11(3)16-12-8-9-13-17-18-14(15)21(13)19-12/h8-9,11H,4-7,10H2,1-3H3,(H,16,19). The Balaban J connectivity index is 1.86. The van der Waals surface area contributed by atoms with Crippen LogP contribution in [-0.2, 0) is 0 Å². The van der Waals surface area contributed by atoms with Crippen molar-refractivity contribution in [3.05, 3.63) is 16.9 Å². The molecule has 1 atom stereocenters. The van der Waals surface area contributed by atoms with Crippen LogP contribution in [0.25, 0.3) is 5.65 Å². The number of hydrogen-bond donors (Lipinski definition) is 1. The molecule has 0 fully saturated rings. The fourth-order valence-corrected chi connectivity index (χ4v) is 2.67. The Morgan fingerprint density at radius 1 is 1.29 bits per heavy atom. The number of nitrogens with one attached hydrogen (secondary N) is 1. The van der Waals surface area contributed by atoms with Gasteiger partial charge >= 0.3 is 0 Å². The molecular formula is C14H23BrN6. The zero-order chi connectivity index (χ0) is 15.2. The lowest BCUT2D eigenvalue weighted by atomic mass is 10.1. The number of halogens is 1. The van der Waals surface area contributed by atoms with E-state index in [9.17, 15) is 0 Å². The normalized spacial score (nSPS) is 13.0. The lowest BCUT2D eigenvalue weighted by Gasteiger charge is -2.20. The maximum absolute atomic E-state index is 4.47. The molecule has 0 radical (unpaired) electrons. The summed E-state index contributed by atoms with van der Waals surface area (Å²) in [5.74, 6) is 0.846. The van der Waals surface area contributed by atoms with Crippen molar-refractivity contribution in [2.45, 2.75) is 39.7 Å². The van der Waals surface area contributed by atoms with Crippen molar-refractivity contribution < 1.29 is 0 Å². The van der Waals surface area contributed by atoms with E-state index in [0.717, 1.165) is 37.5 Å². The van der Waals surface area contributed by atoms with E-state index in [-0.39, 0.29) is 0 Å². The quantitative estimate of drug-likeness (QED) is 0.789. The average molecular weight is 355 g/mol. The van der Waals surface area contributed by atoms with E-state index < -0.39 is 0 Å². The second-order valence-electron chi connectivity index (χ2n) is 5.17. The van der Waals surface area contributed by atoms with Crippen molar-refractivity contribution in [3.8, 4) is 0 Å². The second-order valence-corrected chi connectivity index (χ2v) is 5.88. The molecule has 2 rings (SSSR count). The molecule has 116 valence electrons. The van der Waals surface area contributed by atoms with Gasteiger partial charge in [-0.15, -0.1) is 15.3 Å². The van der Waals surface area contributed by atoms with Gasteiger partial charge in [-0.05, 0) is 67.5 Å². The minimum absolute atomic E-state index is 0.390. The lowest BCUT2D eigenvalue weighted by Crippen LogP contribution is -2.25. The molecule has 0 aliphatic rings. The number of rotatable bonds is 8. The minimum Gasteiger partial charge on any atom is -0.366 e. The van der Waals surface area contributed by atoms with Gasteiger partial charge in [-0.25, -0.2) is 0 Å². The van der Waals surface area contributed by atoms with Crippen LogP contribution in [0.4, 0.5) is 5.82 Å². The molecule has 1 N–H and O–H groups in total. The highest BCUT2D eigenvalue weighted by Gasteiger charge is 2.08. The molecule has 2 aromatic heterocycles. The Kier molecular flexibility index (Phi) is 5.93. The van der Waals surface area contributed by atoms with Gasteiger partial charge in [0, 0.05) is 6.04 Å². The van der Waals surface area contributed by atoms with Crippen molar-refractivity contribution >= 4 is 27.4 Å². The maximum atomic E-state index is 4.47. The Morgan fingerprint density at radius 3 is 2.76 bits per heavy atom. The first-order valence-corrected chi connectivity index (χ1v) is 8.30. The Bertz CT molecular complexity index is 566. The van der Waals surface area contributed by atoms with Gasteiger partial charge in [0.15, 0.2) is 5.65 Å². The molecule has 7 heteroatoms. The molecule has 0 aromatic carbocycles. The molecule has 0 amide bonds. The van der Waals surface area contributed by atoms with Gasteiger partial charge < -0.3 is 10.2 Å². The van der Waals surface area contributed by atoms with Crippen LogP contribution in [-0.4, -0.2) is 50.4 Å². The molecule has 6 nitrogen and oxygen atoms in total. The number of anilines is 1. The van der Waals surface area contributed by atoms with E-state index in [2.05, 4.69) is 62.2 Å². The van der Waals surface area contributed by atoms with Crippen molar-refractivity contribution in [1.82, 2.24) is 24.7 Å². The number of hydrogen-bond acceptors (Lipinski definition) is 5. The van der Waals surface area contributed by atoms with Crippen molar-refractivity contribution in [2.75, 3.05) is 25.0 Å². The fourth-order valence-electron chi connectivity index (χ4n) is 2.33. The third kappa shape index (κ3) is 4.38. The summed E-state index contributed by atoms with van der Waals surface area (Å²) in [5.41, 5.74) is 0.738. The predicted molar refractivity (Wildman–Crippen MR) is 88.6 cm³/mol. The van der Waals surface area contributed by atoms with Gasteiger partial charge in [-0.2, -0.15) is 4.52 Å². The average Bonchev–Trinajstić information content (AvgIpc) is 2.85. The van der Waals surface area contributed by atoms with Gasteiger partial charge in [0.05, 0.1) is 0 Å². The topological polar surface area (TPSA) is 58.3 Å². The first kappa shape index (κ1) is 16.2. The molecule has 2 heterocycles. The van der Waals surface area contributed by atoms with E-state index in [0.29, 0.717) is 10.8 Å². The van der Waals surface area contributed by atoms with Crippen LogP contribution < -0.4 is 5.32 Å². The largest absolute Gasteiger partial charge is 0.366 e. The highest BCUT2D eigenvalue weighted by atomic mass is 79.9. The lowest BCUT2D eigenvalue weighted by molar-refractivity contribution is 0.295. The van der Waals surface area contributed by atoms with E-state index >= 15 is 0 Å². The van der Waals surface area contributed by atoms with E-state index in [1.54, 1.807) is 4.52 Å². The second kappa shape index (κ2) is 7.70. The van der Waals surface area contributed by atoms with Crippen LogP contribution in [0, 0.1) is 0 Å². The molecule has 0 aliphatic carbocycles. The van der Waals surface area contributed by atoms with Crippen LogP contribution in [0.2, 0.25) is 0 Å². The van der Waals surface area contributed by atoms with Crippen molar-refractivity contribution in [1.29, 1.82) is 0 Å². The molecular weight excluding hydrogens is 332 g/mol. The summed E-state index contributed by atoms with van der Waals surface area (Å²) in [6.07, 6.45) is 2.31. The predicted octanol–water partition coefficient (Wildman–Crippen LogP) is 2.81. The third-order valence-corrected chi connectivity index (χ3v) is 4.12. The van der Waals surface area contributed by atoms with E-state index in [4.69, 9.17) is 0 Å². The van der Waals surface area contributed by atoms with Crippen LogP contribution in [0.1, 0.15) is 33.6 Å². The van der Waals surface area contributed by atoms with Gasteiger partial charge in [-0.3, -0.25) is 0 Å². The van der Waals surface area contributed by atoms with Gasteiger partial charge in [0.25, 0.3) is 0 Å². The summed E-state index contributed by atoms with van der Waals surface area (Å²) in [6.45, 7) is 10.0. The summed E-state index contributed by atoms with van der Waals surface area (Å²) in [7, 11) is 0. The molecule has 0 spiro atoms. The first-order valence-electron chi connectivity index (χ1n) is 7.50. The molecule has 21 heavy (non-hydrogen) atoms. The highest BCUT2D eigenvalue weighted by Crippen LogP contribution is 2.12. The summed E-state index contributed by atoms with van der Waals surface area (Å²) < 4.78 is 2.31. The van der Waals surface area contributed by atoms with Crippen molar-refractivity contribution in [2.24, 2.45) is 0 Å². The zero-order valence-corrected chi connectivity index (χ0v) is 14.5. The van der Waals surface area contributed by atoms with Gasteiger partial charge in [0.1, 0.15) is 5.82 Å². The fraction of sp³-hybridized carbons (Fsp3) is 0.643. The molecule has 2 aromatic rings. The summed E-state index contributed by atoms with van der Waals surface area (Å²) >= 11 is 3.33. The van der Waals surface area contributed by atoms with Crippen LogP contribution in [0.3, 0.4) is 0 Å². The Hall–Kier alpha value is -1.21. The number of aromatic nitrogens is 4. The minimum atomic E-state index is 0.390. The molecule has 1 unspecified atom stereocenters. The summed E-state index contributed by atoms with van der Waals surface area (Å²) in [6, 6.07) is 4.24. The van der Waals surface area contributed by atoms with Crippen molar-refractivity contribution in [3.63, 3.8) is 0 Å². The smallest absolute Gasteiger partial charge is 0.221 e. The maximum Gasteiger partial charge on any atom is 0.221 e. The van der Waals surface area contributed by atoms with Crippen LogP contribution in [0.15, 0.2) is 16.9 Å². The molecule has 0 saturated carbocycles. The van der Waals surface area contributed by atoms with E-state index in [1.807, 2.05) is 12.1 Å². The van der Waals surface area contributed by atoms with Crippen LogP contribution in [0.5, 0.6) is 0 Å². The Labute approximate surface area is 134 Å². The third-order valence-electron chi connectivity index (χ3n) is 3.62. The molecule has 0 bridgehead atoms. The number of fused-ring (bicyclic) bond motifs is 1. The zero-order valence-electron chi connectivity index (χ0n) is 12.9. The SMILES string of the molecule is CCN(CC)CCCC(C)Nc1ccc2nnc(Br)n2n1. The van der Waals surface area contributed by atoms with Gasteiger partial charge in [-0.1, -0.05) is 13.8 Å². The number of nitrogens with zero attached hydrogens (tertiary/aromatic N) is 5. The van der Waals surface area contributed by atoms with Crippen LogP contribution >= 0.6 is 15.9 Å². The summed E-state index contributed by atoms with van der Waals surface area (Å²) in [4.78, 5) is 2.45.